The van der Waals surface area contributed by atoms with Crippen molar-refractivity contribution in [2.24, 2.45) is 5.10 Å². The molecule has 3 aromatic rings. The predicted octanol–water partition coefficient (Wildman–Crippen LogP) is 3.22. The van der Waals surface area contributed by atoms with Crippen LogP contribution in [0.1, 0.15) is 13.3 Å². The van der Waals surface area contributed by atoms with E-state index in [4.69, 9.17) is 0 Å². The zero-order valence-corrected chi connectivity index (χ0v) is 11.0. The molecular formula is C16H17N3. The summed E-state index contributed by atoms with van der Waals surface area (Å²) in [6.07, 6.45) is 7.14. The molecular weight excluding hydrogens is 234 g/mol. The molecule has 0 N–H and O–H groups in total. The summed E-state index contributed by atoms with van der Waals surface area (Å²) >= 11 is 0. The lowest BCUT2D eigenvalue weighted by Gasteiger charge is -2.09. The van der Waals surface area contributed by atoms with E-state index in [1.54, 1.807) is 0 Å². The Labute approximate surface area is 112 Å². The summed E-state index contributed by atoms with van der Waals surface area (Å²) in [5.74, 6) is 0. The average molecular weight is 251 g/mol. The van der Waals surface area contributed by atoms with Crippen LogP contribution >= 0.6 is 0 Å². The van der Waals surface area contributed by atoms with E-state index in [0.717, 1.165) is 18.3 Å². The summed E-state index contributed by atoms with van der Waals surface area (Å²) in [4.78, 5) is 0. The fraction of sp³-hybridized carbons (Fsp3) is 0.188. The molecule has 0 spiro atoms. The second-order valence-corrected chi connectivity index (χ2v) is 4.57. The fourth-order valence-electron chi connectivity index (χ4n) is 2.31. The summed E-state index contributed by atoms with van der Waals surface area (Å²) < 4.78 is 4.12. The molecule has 0 aliphatic heterocycles. The summed E-state index contributed by atoms with van der Waals surface area (Å²) in [7, 11) is 0. The first-order valence-electron chi connectivity index (χ1n) is 6.64. The molecule has 0 amide bonds. The van der Waals surface area contributed by atoms with Gasteiger partial charge in [0.2, 0.25) is 0 Å². The number of benzene rings is 1. The predicted molar refractivity (Wildman–Crippen MR) is 77.6 cm³/mol. The van der Waals surface area contributed by atoms with Crippen LogP contribution in [0.2, 0.25) is 0 Å². The molecule has 0 saturated carbocycles. The van der Waals surface area contributed by atoms with Crippen molar-refractivity contribution in [3.8, 4) is 0 Å². The van der Waals surface area contributed by atoms with Gasteiger partial charge in [0.15, 0.2) is 0 Å². The minimum absolute atomic E-state index is 0.999. The van der Waals surface area contributed by atoms with Crippen LogP contribution in [0.15, 0.2) is 66.2 Å². The maximum Gasteiger partial charge on any atom is 0.0947 e. The summed E-state index contributed by atoms with van der Waals surface area (Å²) in [5, 5.41) is 6.82. The smallest absolute Gasteiger partial charge is 0.0947 e. The van der Waals surface area contributed by atoms with Crippen molar-refractivity contribution >= 4 is 10.9 Å². The zero-order valence-electron chi connectivity index (χ0n) is 11.0. The topological polar surface area (TPSA) is 22.2 Å². The third-order valence-corrected chi connectivity index (χ3v) is 3.18. The van der Waals surface area contributed by atoms with E-state index in [-0.39, 0.29) is 0 Å². The minimum atomic E-state index is 0.999. The number of fused-ring (bicyclic) bond motifs is 1. The molecule has 0 atom stereocenters. The highest BCUT2D eigenvalue weighted by molar-refractivity contribution is 5.78. The van der Waals surface area contributed by atoms with Crippen LogP contribution in [0.3, 0.4) is 0 Å². The number of aromatic nitrogens is 2. The molecule has 3 heteroatoms. The number of rotatable bonds is 3. The van der Waals surface area contributed by atoms with Gasteiger partial charge in [-0.15, -0.1) is 0 Å². The van der Waals surface area contributed by atoms with E-state index in [2.05, 4.69) is 53.1 Å². The largest absolute Gasteiger partial charge is 0.347 e. The molecule has 0 bridgehead atoms. The fourth-order valence-corrected chi connectivity index (χ4v) is 2.31. The molecule has 3 rings (SSSR count). The lowest BCUT2D eigenvalue weighted by atomic mass is 10.2. The lowest BCUT2D eigenvalue weighted by molar-refractivity contribution is 0.696. The Balaban J connectivity index is 2.25. The summed E-state index contributed by atoms with van der Waals surface area (Å²) in [6, 6.07) is 14.5. The molecule has 0 radical (unpaired) electrons. The number of nitrogens with zero attached hydrogens (tertiary/aromatic N) is 3. The first kappa shape index (κ1) is 11.8. The van der Waals surface area contributed by atoms with E-state index >= 15 is 0 Å². The van der Waals surface area contributed by atoms with Gasteiger partial charge in [0, 0.05) is 30.5 Å². The second kappa shape index (κ2) is 5.14. The zero-order chi connectivity index (χ0) is 13.1. The summed E-state index contributed by atoms with van der Waals surface area (Å²) in [6.45, 7) is 3.23. The number of pyridine rings is 1. The van der Waals surface area contributed by atoms with Gasteiger partial charge in [-0.3, -0.25) is 0 Å². The van der Waals surface area contributed by atoms with Gasteiger partial charge in [-0.1, -0.05) is 25.1 Å². The molecule has 2 heterocycles. The number of hydrogen-bond donors (Lipinski definition) is 0. The van der Waals surface area contributed by atoms with Crippen LogP contribution in [0.25, 0.3) is 10.9 Å². The maximum atomic E-state index is 4.63. The van der Waals surface area contributed by atoms with Crippen LogP contribution < -0.4 is 5.36 Å². The van der Waals surface area contributed by atoms with Crippen LogP contribution in [0.5, 0.6) is 0 Å². The minimum Gasteiger partial charge on any atom is -0.347 e. The van der Waals surface area contributed by atoms with Crippen molar-refractivity contribution in [2.75, 3.05) is 0 Å². The van der Waals surface area contributed by atoms with Gasteiger partial charge in [0.1, 0.15) is 0 Å². The Hall–Kier alpha value is -2.29. The third-order valence-electron chi connectivity index (χ3n) is 3.18. The molecule has 0 fully saturated rings. The van der Waals surface area contributed by atoms with Crippen molar-refractivity contribution in [2.45, 2.75) is 19.9 Å². The number of para-hydroxylation sites is 1. The van der Waals surface area contributed by atoms with E-state index in [9.17, 15) is 0 Å². The van der Waals surface area contributed by atoms with E-state index in [1.165, 1.54) is 10.9 Å². The van der Waals surface area contributed by atoms with Crippen LogP contribution in [0, 0.1) is 0 Å². The van der Waals surface area contributed by atoms with Gasteiger partial charge in [0.05, 0.1) is 10.9 Å². The van der Waals surface area contributed by atoms with Gasteiger partial charge < -0.3 is 4.57 Å². The van der Waals surface area contributed by atoms with E-state index < -0.39 is 0 Å². The van der Waals surface area contributed by atoms with Gasteiger partial charge in [-0.25, -0.2) is 4.68 Å². The molecule has 2 aromatic heterocycles. The van der Waals surface area contributed by atoms with Crippen molar-refractivity contribution in [3.05, 3.63) is 66.4 Å². The maximum absolute atomic E-state index is 4.63. The Morgan fingerprint density at radius 1 is 0.947 bits per heavy atom. The van der Waals surface area contributed by atoms with E-state index in [1.807, 2.05) is 29.2 Å². The van der Waals surface area contributed by atoms with Gasteiger partial charge >= 0.3 is 0 Å². The Morgan fingerprint density at radius 2 is 1.74 bits per heavy atom. The quantitative estimate of drug-likeness (QED) is 0.682. The summed E-state index contributed by atoms with van der Waals surface area (Å²) in [5.41, 5.74) is 1.23. The Kier molecular flexibility index (Phi) is 3.19. The van der Waals surface area contributed by atoms with Crippen LogP contribution in [0.4, 0.5) is 0 Å². The first-order chi connectivity index (χ1) is 9.38. The highest BCUT2D eigenvalue weighted by Gasteiger charge is 2.00. The third kappa shape index (κ3) is 2.32. The molecule has 0 saturated heterocycles. The van der Waals surface area contributed by atoms with Crippen molar-refractivity contribution in [1.82, 2.24) is 9.24 Å². The molecule has 0 unspecified atom stereocenters. The van der Waals surface area contributed by atoms with Gasteiger partial charge in [-0.05, 0) is 30.7 Å². The van der Waals surface area contributed by atoms with Crippen molar-refractivity contribution < 1.29 is 0 Å². The Morgan fingerprint density at radius 3 is 2.53 bits per heavy atom. The first-order valence-corrected chi connectivity index (χ1v) is 6.64. The number of hydrogen-bond acceptors (Lipinski definition) is 1. The van der Waals surface area contributed by atoms with Crippen LogP contribution in [-0.2, 0) is 6.54 Å². The standard InChI is InChI=1S/C16H17N3/c1-2-10-18-13-9-15(17-19-11-5-6-12-19)14-7-3-4-8-16(14)18/h3-9,11-13H,2,10H2,1H3/b17-15+. The number of aryl methyl sites for hydroxylation is 1. The molecule has 1 aromatic carbocycles. The molecule has 0 aliphatic carbocycles. The van der Waals surface area contributed by atoms with Crippen molar-refractivity contribution in [3.63, 3.8) is 0 Å². The molecule has 0 aliphatic rings. The molecule has 3 nitrogen and oxygen atoms in total. The monoisotopic (exact) mass is 251 g/mol. The van der Waals surface area contributed by atoms with E-state index in [0.29, 0.717) is 0 Å². The highest BCUT2D eigenvalue weighted by Crippen LogP contribution is 2.10. The van der Waals surface area contributed by atoms with Crippen LogP contribution in [-0.4, -0.2) is 9.24 Å². The normalized spacial score (nSPS) is 12.2. The highest BCUT2D eigenvalue weighted by atomic mass is 15.3. The van der Waals surface area contributed by atoms with Gasteiger partial charge in [0.25, 0.3) is 0 Å². The SMILES string of the molecule is CCCn1cc/c(=N\n2cccc2)c2ccccc21. The van der Waals surface area contributed by atoms with Gasteiger partial charge in [-0.2, -0.15) is 5.10 Å². The van der Waals surface area contributed by atoms with Crippen molar-refractivity contribution in [1.29, 1.82) is 0 Å². The molecule has 96 valence electrons. The Bertz CT molecular complexity index is 736. The second-order valence-electron chi connectivity index (χ2n) is 4.57. The average Bonchev–Trinajstić information content (AvgIpc) is 2.95. The lowest BCUT2D eigenvalue weighted by Crippen LogP contribution is -2.10. The molecule has 19 heavy (non-hydrogen) atoms.